The highest BCUT2D eigenvalue weighted by atomic mass is 28.3. The van der Waals surface area contributed by atoms with E-state index in [-0.39, 0.29) is 0 Å². The second-order valence-corrected chi connectivity index (χ2v) is 18.1. The zero-order chi connectivity index (χ0) is 18.1. The van der Waals surface area contributed by atoms with Crippen LogP contribution in [0.25, 0.3) is 10.8 Å². The van der Waals surface area contributed by atoms with Gasteiger partial charge in [0.2, 0.25) is 0 Å². The largest absolute Gasteiger partial charge is 0.129 e. The Morgan fingerprint density at radius 3 is 1.21 bits per heavy atom. The van der Waals surface area contributed by atoms with Crippen molar-refractivity contribution in [2.75, 3.05) is 0 Å². The molecule has 0 aliphatic rings. The maximum atomic E-state index is 3.48. The third-order valence-electron chi connectivity index (χ3n) is 3.88. The highest BCUT2D eigenvalue weighted by Crippen LogP contribution is 2.26. The number of hydrogen-bond acceptors (Lipinski definition) is 0. The van der Waals surface area contributed by atoms with E-state index >= 15 is 0 Å². The molecule has 2 heteroatoms. The van der Waals surface area contributed by atoms with E-state index < -0.39 is 16.1 Å². The van der Waals surface area contributed by atoms with E-state index in [9.17, 15) is 0 Å². The molecular weight excluding hydrogens is 320 g/mol. The molecule has 0 heterocycles. The van der Waals surface area contributed by atoms with Crippen LogP contribution < -0.4 is 0 Å². The van der Waals surface area contributed by atoms with Crippen LogP contribution in [0.2, 0.25) is 39.3 Å². The Bertz CT molecular complexity index is 822. The summed E-state index contributed by atoms with van der Waals surface area (Å²) in [5, 5.41) is 2.60. The lowest BCUT2D eigenvalue weighted by Gasteiger charge is -2.11. The number of aryl methyl sites for hydroxylation is 2. The summed E-state index contributed by atoms with van der Waals surface area (Å²) in [6.45, 7) is 18.1. The quantitative estimate of drug-likeness (QED) is 0.410. The summed E-state index contributed by atoms with van der Waals surface area (Å²) in [6, 6.07) is 8.78. The summed E-state index contributed by atoms with van der Waals surface area (Å²) < 4.78 is 0. The lowest BCUT2D eigenvalue weighted by atomic mass is 9.95. The third kappa shape index (κ3) is 4.63. The van der Waals surface area contributed by atoms with Gasteiger partial charge in [0.05, 0.1) is 0 Å². The predicted molar refractivity (Wildman–Crippen MR) is 114 cm³/mol. The molecule has 2 rings (SSSR count). The minimum atomic E-state index is -1.35. The van der Waals surface area contributed by atoms with Gasteiger partial charge in [0.25, 0.3) is 0 Å². The molecule has 24 heavy (non-hydrogen) atoms. The molecule has 0 radical (unpaired) electrons. The van der Waals surface area contributed by atoms with E-state index in [4.69, 9.17) is 0 Å². The van der Waals surface area contributed by atoms with Crippen molar-refractivity contribution in [2.24, 2.45) is 0 Å². The van der Waals surface area contributed by atoms with E-state index in [1.807, 2.05) is 0 Å². The summed E-state index contributed by atoms with van der Waals surface area (Å²) in [5.41, 5.74) is 11.8. The highest BCUT2D eigenvalue weighted by Gasteiger charge is 2.11. The maximum absolute atomic E-state index is 3.48. The summed E-state index contributed by atoms with van der Waals surface area (Å²) >= 11 is 0. The van der Waals surface area contributed by atoms with Crippen LogP contribution in [0.5, 0.6) is 0 Å². The van der Waals surface area contributed by atoms with Gasteiger partial charge in [0, 0.05) is 11.1 Å². The van der Waals surface area contributed by atoms with Crippen molar-refractivity contribution >= 4 is 26.9 Å². The Kier molecular flexibility index (Phi) is 5.14. The van der Waals surface area contributed by atoms with Crippen LogP contribution in [0.1, 0.15) is 22.3 Å². The van der Waals surface area contributed by atoms with Crippen LogP contribution in [0.15, 0.2) is 24.3 Å². The Hall–Kier alpha value is -1.75. The molecule has 0 spiro atoms. The SMILES string of the molecule is Cc1c(C#C[Si](C)(C)C)ccc2c(C)c(C#C[Si](C)(C)C)ccc12. The number of fused-ring (bicyclic) bond motifs is 1. The first-order chi connectivity index (χ1) is 11.0. The first kappa shape index (κ1) is 18.6. The summed E-state index contributed by atoms with van der Waals surface area (Å²) in [7, 11) is -2.71. The predicted octanol–water partition coefficient (Wildman–Crippen LogP) is 5.91. The fourth-order valence-corrected chi connectivity index (χ4v) is 3.51. The average Bonchev–Trinajstić information content (AvgIpc) is 2.44. The highest BCUT2D eigenvalue weighted by molar-refractivity contribution is 6.84. The summed E-state index contributed by atoms with van der Waals surface area (Å²) in [6.07, 6.45) is 0. The Balaban J connectivity index is 2.58. The Morgan fingerprint density at radius 2 is 0.917 bits per heavy atom. The van der Waals surface area contributed by atoms with Crippen LogP contribution in [0.4, 0.5) is 0 Å². The molecule has 0 atom stereocenters. The zero-order valence-corrected chi connectivity index (χ0v) is 18.3. The molecule has 0 fully saturated rings. The van der Waals surface area contributed by atoms with Crippen LogP contribution in [0, 0.1) is 36.8 Å². The van der Waals surface area contributed by atoms with Gasteiger partial charge in [-0.15, -0.1) is 11.1 Å². The van der Waals surface area contributed by atoms with Crippen LogP contribution in [0.3, 0.4) is 0 Å². The van der Waals surface area contributed by atoms with Crippen LogP contribution in [-0.2, 0) is 0 Å². The first-order valence-corrected chi connectivity index (χ1v) is 15.6. The molecule has 2 aromatic carbocycles. The van der Waals surface area contributed by atoms with E-state index in [0.717, 1.165) is 11.1 Å². The van der Waals surface area contributed by atoms with Crippen LogP contribution >= 0.6 is 0 Å². The van der Waals surface area contributed by atoms with Crippen molar-refractivity contribution in [1.82, 2.24) is 0 Å². The molecule has 0 amide bonds. The van der Waals surface area contributed by atoms with Gasteiger partial charge in [-0.2, -0.15) is 0 Å². The lowest BCUT2D eigenvalue weighted by Crippen LogP contribution is -2.16. The molecule has 0 bridgehead atoms. The van der Waals surface area contributed by atoms with Crippen molar-refractivity contribution in [3.63, 3.8) is 0 Å². The van der Waals surface area contributed by atoms with Gasteiger partial charge < -0.3 is 0 Å². The van der Waals surface area contributed by atoms with E-state index in [0.29, 0.717) is 0 Å². The molecule has 0 saturated heterocycles. The molecule has 0 unspecified atom stereocenters. The van der Waals surface area contributed by atoms with Gasteiger partial charge in [-0.3, -0.25) is 0 Å². The molecule has 0 N–H and O–H groups in total. The van der Waals surface area contributed by atoms with E-state index in [1.54, 1.807) is 0 Å². The van der Waals surface area contributed by atoms with Gasteiger partial charge >= 0.3 is 0 Å². The summed E-state index contributed by atoms with van der Waals surface area (Å²) in [4.78, 5) is 0. The second kappa shape index (κ2) is 6.63. The zero-order valence-electron chi connectivity index (χ0n) is 16.3. The van der Waals surface area contributed by atoms with Crippen molar-refractivity contribution in [2.45, 2.75) is 53.1 Å². The number of hydrogen-bond donors (Lipinski definition) is 0. The number of benzene rings is 2. The van der Waals surface area contributed by atoms with Crippen molar-refractivity contribution in [1.29, 1.82) is 0 Å². The van der Waals surface area contributed by atoms with Gasteiger partial charge in [0.15, 0.2) is 0 Å². The fraction of sp³-hybridized carbons (Fsp3) is 0.364. The van der Waals surface area contributed by atoms with Crippen molar-refractivity contribution < 1.29 is 0 Å². The lowest BCUT2D eigenvalue weighted by molar-refractivity contribution is 1.44. The normalized spacial score (nSPS) is 11.5. The monoisotopic (exact) mass is 348 g/mol. The van der Waals surface area contributed by atoms with Gasteiger partial charge in [0.1, 0.15) is 16.1 Å². The van der Waals surface area contributed by atoms with Crippen LogP contribution in [-0.4, -0.2) is 16.1 Å². The fourth-order valence-electron chi connectivity index (χ4n) is 2.49. The minimum Gasteiger partial charge on any atom is -0.127 e. The topological polar surface area (TPSA) is 0 Å². The number of rotatable bonds is 0. The van der Waals surface area contributed by atoms with E-state index in [1.165, 1.54) is 21.9 Å². The summed E-state index contributed by atoms with van der Waals surface area (Å²) in [5.74, 6) is 6.83. The third-order valence-corrected chi connectivity index (χ3v) is 5.63. The molecule has 0 saturated carbocycles. The standard InChI is InChI=1S/C22H28Si2/c1-17-19(13-15-23(3,4)5)9-12-22-18(2)20(10-11-21(17)22)14-16-24(6,7)8/h9-12H,1-8H3. The Labute approximate surface area is 149 Å². The molecule has 2 aromatic rings. The smallest absolute Gasteiger partial charge is 0.127 e. The molecule has 124 valence electrons. The molecule has 0 aromatic heterocycles. The Morgan fingerprint density at radius 1 is 0.583 bits per heavy atom. The average molecular weight is 349 g/mol. The van der Waals surface area contributed by atoms with Gasteiger partial charge in [-0.25, -0.2) is 0 Å². The van der Waals surface area contributed by atoms with Crippen molar-refractivity contribution in [3.8, 4) is 22.9 Å². The van der Waals surface area contributed by atoms with Crippen molar-refractivity contribution in [3.05, 3.63) is 46.5 Å². The van der Waals surface area contributed by atoms with Gasteiger partial charge in [-0.05, 0) is 47.9 Å². The van der Waals surface area contributed by atoms with Gasteiger partial charge in [-0.1, -0.05) is 63.3 Å². The molecular formula is C22H28Si2. The molecule has 0 aliphatic carbocycles. The van der Waals surface area contributed by atoms with E-state index in [2.05, 4.69) is 100 Å². The maximum Gasteiger partial charge on any atom is 0.129 e. The first-order valence-electron chi connectivity index (χ1n) is 8.57. The second-order valence-electron chi connectivity index (χ2n) is 8.57. The minimum absolute atomic E-state index is 1.16. The molecule has 0 nitrogen and oxygen atoms in total. The molecule has 0 aliphatic heterocycles.